The first-order chi connectivity index (χ1) is 9.44. The van der Waals surface area contributed by atoms with Gasteiger partial charge in [-0.05, 0) is 38.1 Å². The Morgan fingerprint density at radius 1 is 1.10 bits per heavy atom. The first-order valence-electron chi connectivity index (χ1n) is 6.39. The van der Waals surface area contributed by atoms with E-state index in [9.17, 15) is 0 Å². The molecule has 102 valence electrons. The van der Waals surface area contributed by atoms with E-state index in [1.807, 2.05) is 56.3 Å². The number of benzene rings is 2. The average molecular weight is 287 g/mol. The predicted octanol–water partition coefficient (Wildman–Crippen LogP) is 3.89. The molecule has 0 unspecified atom stereocenters. The molecule has 20 heavy (non-hydrogen) atoms. The van der Waals surface area contributed by atoms with Crippen molar-refractivity contribution in [3.05, 3.63) is 58.6 Å². The molecular weight excluding hydrogens is 272 g/mol. The Labute approximate surface area is 123 Å². The van der Waals surface area contributed by atoms with Crippen molar-refractivity contribution in [2.24, 2.45) is 4.99 Å². The number of hydrogen-bond acceptors (Lipinski definition) is 3. The number of ether oxygens (including phenoxy) is 1. The van der Waals surface area contributed by atoms with Crippen LogP contribution in [0.25, 0.3) is 0 Å². The molecule has 0 aromatic heterocycles. The molecular formula is C16H15ClN2O. The van der Waals surface area contributed by atoms with Crippen LogP contribution in [-0.4, -0.2) is 11.4 Å². The van der Waals surface area contributed by atoms with Gasteiger partial charge in [0.25, 0.3) is 0 Å². The van der Waals surface area contributed by atoms with Gasteiger partial charge in [0.15, 0.2) is 5.72 Å². The molecule has 0 atom stereocenters. The summed E-state index contributed by atoms with van der Waals surface area (Å²) in [6.45, 7) is 3.85. The Kier molecular flexibility index (Phi) is 2.94. The van der Waals surface area contributed by atoms with Gasteiger partial charge in [-0.3, -0.25) is 0 Å². The molecule has 0 radical (unpaired) electrons. The highest BCUT2D eigenvalue weighted by Crippen LogP contribution is 2.34. The molecule has 3 nitrogen and oxygen atoms in total. The summed E-state index contributed by atoms with van der Waals surface area (Å²) in [6.07, 6.45) is 0. The highest BCUT2D eigenvalue weighted by atomic mass is 35.5. The number of aliphatic imine (C=N–C) groups is 1. The van der Waals surface area contributed by atoms with Gasteiger partial charge in [0.05, 0.1) is 5.71 Å². The Hall–Kier alpha value is -2.00. The SMILES string of the molecule is CC1(C)N=C(c2ccc(Cl)cc2)c2ccc(N)cc2O1. The summed E-state index contributed by atoms with van der Waals surface area (Å²) < 4.78 is 5.88. The lowest BCUT2D eigenvalue weighted by molar-refractivity contribution is 0.115. The van der Waals surface area contributed by atoms with E-state index in [1.54, 1.807) is 0 Å². The number of hydrogen-bond donors (Lipinski definition) is 1. The van der Waals surface area contributed by atoms with Crippen LogP contribution >= 0.6 is 11.6 Å². The van der Waals surface area contributed by atoms with Gasteiger partial charge >= 0.3 is 0 Å². The molecule has 4 heteroatoms. The molecule has 0 fully saturated rings. The van der Waals surface area contributed by atoms with Crippen LogP contribution in [-0.2, 0) is 0 Å². The summed E-state index contributed by atoms with van der Waals surface area (Å²) in [7, 11) is 0. The van der Waals surface area contributed by atoms with Gasteiger partial charge in [0.1, 0.15) is 5.75 Å². The third-order valence-corrected chi connectivity index (χ3v) is 3.37. The summed E-state index contributed by atoms with van der Waals surface area (Å²) in [6, 6.07) is 13.3. The van der Waals surface area contributed by atoms with E-state index >= 15 is 0 Å². The van der Waals surface area contributed by atoms with Gasteiger partial charge in [-0.2, -0.15) is 0 Å². The normalized spacial score (nSPS) is 16.1. The fourth-order valence-electron chi connectivity index (χ4n) is 2.27. The minimum Gasteiger partial charge on any atom is -0.466 e. The number of fused-ring (bicyclic) bond motifs is 1. The van der Waals surface area contributed by atoms with E-state index < -0.39 is 5.72 Å². The molecule has 0 bridgehead atoms. The van der Waals surface area contributed by atoms with Crippen molar-refractivity contribution in [2.75, 3.05) is 5.73 Å². The average Bonchev–Trinajstić information content (AvgIpc) is 2.37. The highest BCUT2D eigenvalue weighted by molar-refractivity contribution is 6.30. The molecule has 1 aliphatic rings. The van der Waals surface area contributed by atoms with Crippen molar-refractivity contribution in [1.82, 2.24) is 0 Å². The van der Waals surface area contributed by atoms with Crippen LogP contribution in [0.15, 0.2) is 47.5 Å². The zero-order valence-corrected chi connectivity index (χ0v) is 12.1. The Balaban J connectivity index is 2.18. The predicted molar refractivity (Wildman–Crippen MR) is 82.7 cm³/mol. The molecule has 1 heterocycles. The van der Waals surface area contributed by atoms with Crippen LogP contribution < -0.4 is 10.5 Å². The molecule has 2 aromatic rings. The lowest BCUT2D eigenvalue weighted by atomic mass is 9.99. The van der Waals surface area contributed by atoms with Gasteiger partial charge in [-0.25, -0.2) is 4.99 Å². The van der Waals surface area contributed by atoms with Gasteiger partial charge in [-0.1, -0.05) is 23.7 Å². The van der Waals surface area contributed by atoms with Crippen LogP contribution in [0.5, 0.6) is 5.75 Å². The minimum absolute atomic E-state index is 0.615. The van der Waals surface area contributed by atoms with Crippen LogP contribution in [0, 0.1) is 0 Å². The Morgan fingerprint density at radius 2 is 1.80 bits per heavy atom. The van der Waals surface area contributed by atoms with E-state index in [4.69, 9.17) is 27.1 Å². The maximum Gasteiger partial charge on any atom is 0.195 e. The smallest absolute Gasteiger partial charge is 0.195 e. The van der Waals surface area contributed by atoms with Crippen molar-refractivity contribution < 1.29 is 4.74 Å². The van der Waals surface area contributed by atoms with E-state index in [-0.39, 0.29) is 0 Å². The zero-order valence-electron chi connectivity index (χ0n) is 11.4. The largest absolute Gasteiger partial charge is 0.466 e. The summed E-state index contributed by atoms with van der Waals surface area (Å²) in [5, 5.41) is 0.707. The quantitative estimate of drug-likeness (QED) is 0.809. The maximum atomic E-state index is 5.95. The lowest BCUT2D eigenvalue weighted by Gasteiger charge is -2.30. The monoisotopic (exact) mass is 286 g/mol. The second kappa shape index (κ2) is 4.53. The minimum atomic E-state index is -0.615. The van der Waals surface area contributed by atoms with Gasteiger partial charge in [-0.15, -0.1) is 0 Å². The van der Waals surface area contributed by atoms with Crippen molar-refractivity contribution in [3.63, 3.8) is 0 Å². The first-order valence-corrected chi connectivity index (χ1v) is 6.77. The van der Waals surface area contributed by atoms with Crippen LogP contribution in [0.2, 0.25) is 5.02 Å². The number of nitrogen functional groups attached to an aromatic ring is 1. The molecule has 0 saturated carbocycles. The molecule has 3 rings (SSSR count). The van der Waals surface area contributed by atoms with Crippen LogP contribution in [0.3, 0.4) is 0 Å². The number of anilines is 1. The number of nitrogens with two attached hydrogens (primary N) is 1. The van der Waals surface area contributed by atoms with Crippen molar-refractivity contribution in [2.45, 2.75) is 19.6 Å². The summed E-state index contributed by atoms with van der Waals surface area (Å²) in [4.78, 5) is 4.70. The molecule has 0 amide bonds. The topological polar surface area (TPSA) is 47.6 Å². The number of nitrogens with zero attached hydrogens (tertiary/aromatic N) is 1. The van der Waals surface area contributed by atoms with Crippen LogP contribution in [0.1, 0.15) is 25.0 Å². The molecule has 0 aliphatic carbocycles. The molecule has 0 spiro atoms. The van der Waals surface area contributed by atoms with E-state index in [0.29, 0.717) is 10.7 Å². The molecule has 2 N–H and O–H groups in total. The zero-order chi connectivity index (χ0) is 14.3. The maximum absolute atomic E-state index is 5.95. The molecule has 1 aliphatic heterocycles. The molecule has 0 saturated heterocycles. The number of halogens is 1. The van der Waals surface area contributed by atoms with E-state index in [0.717, 1.165) is 22.6 Å². The van der Waals surface area contributed by atoms with E-state index in [1.165, 1.54) is 0 Å². The second-order valence-corrected chi connectivity index (χ2v) is 5.71. The molecule has 2 aromatic carbocycles. The summed E-state index contributed by atoms with van der Waals surface area (Å²) >= 11 is 5.95. The first kappa shape index (κ1) is 13.0. The summed E-state index contributed by atoms with van der Waals surface area (Å²) in [5.74, 6) is 0.759. The third kappa shape index (κ3) is 2.37. The van der Waals surface area contributed by atoms with Crippen molar-refractivity contribution in [1.29, 1.82) is 0 Å². The standard InChI is InChI=1S/C16H15ClN2O/c1-16(2)19-15(10-3-5-11(17)6-4-10)13-8-7-12(18)9-14(13)20-16/h3-9H,18H2,1-2H3. The van der Waals surface area contributed by atoms with Gasteiger partial charge < -0.3 is 10.5 Å². The Bertz CT molecular complexity index is 690. The Morgan fingerprint density at radius 3 is 2.50 bits per heavy atom. The fraction of sp³-hybridized carbons (Fsp3) is 0.188. The van der Waals surface area contributed by atoms with Crippen molar-refractivity contribution >= 4 is 23.0 Å². The van der Waals surface area contributed by atoms with Gasteiger partial charge in [0.2, 0.25) is 0 Å². The highest BCUT2D eigenvalue weighted by Gasteiger charge is 2.28. The van der Waals surface area contributed by atoms with Crippen LogP contribution in [0.4, 0.5) is 5.69 Å². The summed E-state index contributed by atoms with van der Waals surface area (Å²) in [5.41, 5.74) is 8.75. The van der Waals surface area contributed by atoms with Crippen molar-refractivity contribution in [3.8, 4) is 5.75 Å². The fourth-order valence-corrected chi connectivity index (χ4v) is 2.39. The van der Waals surface area contributed by atoms with E-state index in [2.05, 4.69) is 0 Å². The lowest BCUT2D eigenvalue weighted by Crippen LogP contribution is -2.32. The third-order valence-electron chi connectivity index (χ3n) is 3.12. The number of rotatable bonds is 1. The second-order valence-electron chi connectivity index (χ2n) is 5.27. The van der Waals surface area contributed by atoms with Gasteiger partial charge in [0, 0.05) is 27.9 Å².